The van der Waals surface area contributed by atoms with Gasteiger partial charge in [-0.15, -0.1) is 13.2 Å². The third kappa shape index (κ3) is 6.81. The van der Waals surface area contributed by atoms with Crippen LogP contribution in [-0.2, 0) is 9.84 Å². The second kappa shape index (κ2) is 7.13. The zero-order valence-electron chi connectivity index (χ0n) is 11.8. The highest BCUT2D eigenvalue weighted by atomic mass is 32.2. The fourth-order valence-electron chi connectivity index (χ4n) is 1.65. The lowest BCUT2D eigenvalue weighted by Crippen LogP contribution is -2.26. The number of benzene rings is 1. The highest BCUT2D eigenvalue weighted by molar-refractivity contribution is 7.91. The van der Waals surface area contributed by atoms with Gasteiger partial charge in [0, 0.05) is 18.3 Å². The Hall–Kier alpha value is -1.28. The van der Waals surface area contributed by atoms with E-state index in [1.54, 1.807) is 13.8 Å². The number of alkyl halides is 3. The molecule has 1 rings (SSSR count). The standard InChI is InChI=1S/C13H18F3NO3S/c1-3-21(18,19)9-8-17-10(2)11-4-6-12(7-5-11)20-13(14,15)16/h4-7,10,17H,3,8-9H2,1-2H3. The minimum atomic E-state index is -4.71. The van der Waals surface area contributed by atoms with Crippen molar-refractivity contribution < 1.29 is 26.3 Å². The number of halogens is 3. The average molecular weight is 325 g/mol. The van der Waals surface area contributed by atoms with Gasteiger partial charge in [-0.1, -0.05) is 19.1 Å². The summed E-state index contributed by atoms with van der Waals surface area (Å²) in [7, 11) is -3.03. The molecule has 1 N–H and O–H groups in total. The van der Waals surface area contributed by atoms with Crippen LogP contribution >= 0.6 is 0 Å². The Morgan fingerprint density at radius 3 is 2.29 bits per heavy atom. The van der Waals surface area contributed by atoms with Crippen molar-refractivity contribution in [3.63, 3.8) is 0 Å². The summed E-state index contributed by atoms with van der Waals surface area (Å²) in [6, 6.07) is 5.30. The summed E-state index contributed by atoms with van der Waals surface area (Å²) in [4.78, 5) is 0. The van der Waals surface area contributed by atoms with Gasteiger partial charge in [-0.25, -0.2) is 8.42 Å². The molecule has 0 aromatic heterocycles. The van der Waals surface area contributed by atoms with E-state index in [2.05, 4.69) is 10.1 Å². The molecule has 0 saturated heterocycles. The van der Waals surface area contributed by atoms with Crippen molar-refractivity contribution in [2.24, 2.45) is 0 Å². The quantitative estimate of drug-likeness (QED) is 0.837. The van der Waals surface area contributed by atoms with Gasteiger partial charge in [-0.3, -0.25) is 0 Å². The normalized spacial score (nSPS) is 14.0. The molecule has 8 heteroatoms. The molecule has 0 aliphatic heterocycles. The molecule has 0 aliphatic carbocycles. The van der Waals surface area contributed by atoms with Crippen LogP contribution in [0.1, 0.15) is 25.5 Å². The van der Waals surface area contributed by atoms with Gasteiger partial charge in [0.2, 0.25) is 0 Å². The molecular formula is C13H18F3NO3S. The monoisotopic (exact) mass is 325 g/mol. The summed E-state index contributed by atoms with van der Waals surface area (Å²) in [6.45, 7) is 3.68. The molecule has 1 unspecified atom stereocenters. The third-order valence-corrected chi connectivity index (χ3v) is 4.62. The second-order valence-corrected chi connectivity index (χ2v) is 7.00. The first-order valence-corrected chi connectivity index (χ1v) is 8.24. The van der Waals surface area contributed by atoms with Crippen LogP contribution < -0.4 is 10.1 Å². The van der Waals surface area contributed by atoms with Gasteiger partial charge in [-0.05, 0) is 24.6 Å². The van der Waals surface area contributed by atoms with Gasteiger partial charge < -0.3 is 10.1 Å². The van der Waals surface area contributed by atoms with Crippen LogP contribution in [0.5, 0.6) is 5.75 Å². The van der Waals surface area contributed by atoms with Crippen molar-refractivity contribution in [1.29, 1.82) is 0 Å². The molecule has 4 nitrogen and oxygen atoms in total. The summed E-state index contributed by atoms with van der Waals surface area (Å²) in [6.07, 6.45) is -4.71. The zero-order chi connectivity index (χ0) is 16.1. The smallest absolute Gasteiger partial charge is 0.406 e. The Morgan fingerprint density at radius 1 is 1.24 bits per heavy atom. The molecule has 120 valence electrons. The molecule has 0 spiro atoms. The summed E-state index contributed by atoms with van der Waals surface area (Å²) >= 11 is 0. The number of hydrogen-bond acceptors (Lipinski definition) is 4. The maximum Gasteiger partial charge on any atom is 0.573 e. The fraction of sp³-hybridized carbons (Fsp3) is 0.538. The second-order valence-electron chi connectivity index (χ2n) is 4.53. The van der Waals surface area contributed by atoms with Crippen molar-refractivity contribution in [2.75, 3.05) is 18.1 Å². The number of nitrogens with one attached hydrogen (secondary N) is 1. The lowest BCUT2D eigenvalue weighted by atomic mass is 10.1. The van der Waals surface area contributed by atoms with Crippen LogP contribution in [0.15, 0.2) is 24.3 Å². The molecule has 21 heavy (non-hydrogen) atoms. The van der Waals surface area contributed by atoms with Crippen molar-refractivity contribution in [3.05, 3.63) is 29.8 Å². The predicted octanol–water partition coefficient (Wildman–Crippen LogP) is 2.67. The first-order chi connectivity index (χ1) is 9.63. The van der Waals surface area contributed by atoms with E-state index in [-0.39, 0.29) is 29.8 Å². The van der Waals surface area contributed by atoms with Gasteiger partial charge in [0.05, 0.1) is 5.75 Å². The third-order valence-electron chi connectivity index (χ3n) is 2.92. The Bertz CT molecular complexity index is 541. The van der Waals surface area contributed by atoms with E-state index in [4.69, 9.17) is 0 Å². The topological polar surface area (TPSA) is 55.4 Å². The van der Waals surface area contributed by atoms with Crippen LogP contribution in [0.25, 0.3) is 0 Å². The minimum Gasteiger partial charge on any atom is -0.406 e. The highest BCUT2D eigenvalue weighted by Gasteiger charge is 2.30. The van der Waals surface area contributed by atoms with Gasteiger partial charge in [0.1, 0.15) is 5.75 Å². The molecule has 0 radical (unpaired) electrons. The summed E-state index contributed by atoms with van der Waals surface area (Å²) in [5.74, 6) is -0.164. The molecule has 0 heterocycles. The highest BCUT2D eigenvalue weighted by Crippen LogP contribution is 2.24. The lowest BCUT2D eigenvalue weighted by molar-refractivity contribution is -0.274. The number of rotatable bonds is 7. The molecule has 0 fully saturated rings. The van der Waals surface area contributed by atoms with Crippen molar-refractivity contribution in [1.82, 2.24) is 5.32 Å². The van der Waals surface area contributed by atoms with E-state index in [1.165, 1.54) is 24.3 Å². The van der Waals surface area contributed by atoms with Crippen molar-refractivity contribution in [2.45, 2.75) is 26.3 Å². The molecular weight excluding hydrogens is 307 g/mol. The van der Waals surface area contributed by atoms with Crippen LogP contribution in [0.4, 0.5) is 13.2 Å². The maximum absolute atomic E-state index is 12.0. The largest absolute Gasteiger partial charge is 0.573 e. The van der Waals surface area contributed by atoms with Crippen molar-refractivity contribution in [3.8, 4) is 5.75 Å². The maximum atomic E-state index is 12.0. The summed E-state index contributed by atoms with van der Waals surface area (Å²) < 4.78 is 62.5. The zero-order valence-corrected chi connectivity index (χ0v) is 12.6. The number of sulfone groups is 1. The summed E-state index contributed by atoms with van der Waals surface area (Å²) in [5, 5.41) is 3.01. The van der Waals surface area contributed by atoms with E-state index in [0.29, 0.717) is 0 Å². The van der Waals surface area contributed by atoms with Crippen molar-refractivity contribution >= 4 is 9.84 Å². The van der Waals surface area contributed by atoms with E-state index < -0.39 is 16.2 Å². The molecule has 0 aliphatic rings. The van der Waals surface area contributed by atoms with Crippen LogP contribution in [0, 0.1) is 0 Å². The van der Waals surface area contributed by atoms with Gasteiger partial charge >= 0.3 is 6.36 Å². The Balaban J connectivity index is 2.53. The number of hydrogen-bond donors (Lipinski definition) is 1. The first-order valence-electron chi connectivity index (χ1n) is 6.42. The van der Waals surface area contributed by atoms with Gasteiger partial charge in [0.15, 0.2) is 9.84 Å². The molecule has 0 saturated carbocycles. The number of ether oxygens (including phenoxy) is 1. The SMILES string of the molecule is CCS(=O)(=O)CCNC(C)c1ccc(OC(F)(F)F)cc1. The molecule has 1 aromatic carbocycles. The fourth-order valence-corrected chi connectivity index (χ4v) is 2.37. The van der Waals surface area contributed by atoms with Gasteiger partial charge in [-0.2, -0.15) is 0 Å². The average Bonchev–Trinajstić information content (AvgIpc) is 2.37. The van der Waals surface area contributed by atoms with Crippen LogP contribution in [0.3, 0.4) is 0 Å². The van der Waals surface area contributed by atoms with E-state index in [1.807, 2.05) is 0 Å². The minimum absolute atomic E-state index is 0.0309. The van der Waals surface area contributed by atoms with E-state index >= 15 is 0 Å². The molecule has 0 bridgehead atoms. The summed E-state index contributed by atoms with van der Waals surface area (Å²) in [5.41, 5.74) is 0.749. The molecule has 1 aromatic rings. The molecule has 1 atom stereocenters. The Labute approximate surface area is 122 Å². The predicted molar refractivity (Wildman–Crippen MR) is 73.9 cm³/mol. The first kappa shape index (κ1) is 17.8. The van der Waals surface area contributed by atoms with E-state index in [9.17, 15) is 21.6 Å². The lowest BCUT2D eigenvalue weighted by Gasteiger charge is -2.15. The molecule has 0 amide bonds. The Morgan fingerprint density at radius 2 is 1.81 bits per heavy atom. The van der Waals surface area contributed by atoms with Gasteiger partial charge in [0.25, 0.3) is 0 Å². The Kier molecular flexibility index (Phi) is 6.03. The van der Waals surface area contributed by atoms with Crippen LogP contribution in [0.2, 0.25) is 0 Å². The van der Waals surface area contributed by atoms with E-state index in [0.717, 1.165) is 5.56 Å². The van der Waals surface area contributed by atoms with Crippen LogP contribution in [-0.4, -0.2) is 32.8 Å².